The molecule has 8 nitrogen and oxygen atoms in total. The second kappa shape index (κ2) is 8.48. The summed E-state index contributed by atoms with van der Waals surface area (Å²) in [6, 6.07) is 10.0. The first-order chi connectivity index (χ1) is 16.2. The molecule has 6 rings (SSSR count). The molecule has 2 aromatic heterocycles. The van der Waals surface area contributed by atoms with Crippen molar-refractivity contribution in [3.8, 4) is 11.8 Å². The predicted octanol–water partition coefficient (Wildman–Crippen LogP) is 3.74. The molecule has 3 heterocycles. The maximum Gasteiger partial charge on any atom is 0.231 e. The Morgan fingerprint density at radius 3 is 2.70 bits per heavy atom. The van der Waals surface area contributed by atoms with Crippen LogP contribution in [0.5, 0.6) is 5.75 Å². The maximum absolute atomic E-state index is 9.46. The molecule has 0 radical (unpaired) electrons. The van der Waals surface area contributed by atoms with Gasteiger partial charge in [-0.25, -0.2) is 0 Å². The van der Waals surface area contributed by atoms with E-state index in [-0.39, 0.29) is 7.92 Å². The molecular formula is C24H28N7OP. The minimum atomic E-state index is -0.141. The Labute approximate surface area is 194 Å². The van der Waals surface area contributed by atoms with Crippen molar-refractivity contribution in [3.05, 3.63) is 30.0 Å². The molecular weight excluding hydrogens is 433 g/mol. The number of nitrogens with zero attached hydrogens (tertiary/aromatic N) is 4. The molecule has 1 aromatic carbocycles. The van der Waals surface area contributed by atoms with E-state index in [0.29, 0.717) is 29.0 Å². The molecule has 0 atom stereocenters. The Kier molecular flexibility index (Phi) is 5.32. The first kappa shape index (κ1) is 20.7. The fourth-order valence-electron chi connectivity index (χ4n) is 4.59. The first-order valence-corrected chi connectivity index (χ1v) is 13.4. The zero-order valence-corrected chi connectivity index (χ0v) is 19.7. The van der Waals surface area contributed by atoms with E-state index in [4.69, 9.17) is 9.72 Å². The summed E-state index contributed by atoms with van der Waals surface area (Å²) in [6.45, 7) is 2.45. The average molecular weight is 462 g/mol. The largest absolute Gasteiger partial charge is 0.495 e. The molecule has 3 fully saturated rings. The highest BCUT2D eigenvalue weighted by Gasteiger charge is 2.32. The van der Waals surface area contributed by atoms with Crippen LogP contribution in [0.3, 0.4) is 0 Å². The number of hydrogen-bond acceptors (Lipinski definition) is 7. The fourth-order valence-corrected chi connectivity index (χ4v) is 6.91. The van der Waals surface area contributed by atoms with Crippen LogP contribution in [0.4, 0.5) is 17.5 Å². The van der Waals surface area contributed by atoms with Gasteiger partial charge in [0.2, 0.25) is 5.95 Å². The number of rotatable bonds is 7. The number of aromatic nitrogens is 3. The molecule has 0 amide bonds. The summed E-state index contributed by atoms with van der Waals surface area (Å²) in [5, 5.41) is 18.4. The van der Waals surface area contributed by atoms with Gasteiger partial charge < -0.3 is 20.4 Å². The first-order valence-electron chi connectivity index (χ1n) is 11.7. The van der Waals surface area contributed by atoms with Crippen molar-refractivity contribution in [2.75, 3.05) is 43.2 Å². The molecule has 3 aliphatic rings. The Bertz CT molecular complexity index is 1220. The number of ether oxygens (including phenoxy) is 1. The van der Waals surface area contributed by atoms with E-state index in [9.17, 15) is 5.26 Å². The van der Waals surface area contributed by atoms with Crippen LogP contribution in [0, 0.1) is 11.3 Å². The molecule has 2 aliphatic carbocycles. The van der Waals surface area contributed by atoms with E-state index in [0.717, 1.165) is 35.7 Å². The third-order valence-electron chi connectivity index (χ3n) is 6.74. The van der Waals surface area contributed by atoms with Crippen LogP contribution in [0.2, 0.25) is 0 Å². The third kappa shape index (κ3) is 4.23. The Morgan fingerprint density at radius 2 is 2.00 bits per heavy atom. The zero-order valence-electron chi connectivity index (χ0n) is 18.8. The summed E-state index contributed by atoms with van der Waals surface area (Å²) in [6.07, 6.45) is 9.25. The fraction of sp³-hybridized carbons (Fsp3) is 0.458. The summed E-state index contributed by atoms with van der Waals surface area (Å²) in [5.41, 5.74) is 2.04. The van der Waals surface area contributed by atoms with Gasteiger partial charge in [-0.1, -0.05) is 14.0 Å². The minimum Gasteiger partial charge on any atom is -0.495 e. The van der Waals surface area contributed by atoms with Gasteiger partial charge in [0.05, 0.1) is 23.7 Å². The number of nitriles is 1. The molecule has 3 N–H and O–H groups in total. The molecule has 9 heteroatoms. The summed E-state index contributed by atoms with van der Waals surface area (Å²) in [7, 11) is 1.57. The van der Waals surface area contributed by atoms with Gasteiger partial charge in [-0.15, -0.1) is 0 Å². The van der Waals surface area contributed by atoms with Gasteiger partial charge in [0.1, 0.15) is 23.3 Å². The molecule has 1 aliphatic heterocycles. The van der Waals surface area contributed by atoms with E-state index in [1.54, 1.807) is 13.3 Å². The second-order valence-electron chi connectivity index (χ2n) is 9.12. The topological polar surface area (TPSA) is 102 Å². The lowest BCUT2D eigenvalue weighted by atomic mass is 10.2. The molecule has 2 saturated carbocycles. The summed E-state index contributed by atoms with van der Waals surface area (Å²) in [4.78, 5) is 15.1. The van der Waals surface area contributed by atoms with Gasteiger partial charge in [0.25, 0.3) is 0 Å². The zero-order chi connectivity index (χ0) is 22.4. The van der Waals surface area contributed by atoms with Crippen LogP contribution in [-0.2, 0) is 0 Å². The smallest absolute Gasteiger partial charge is 0.231 e. The number of hydrogen-bond donors (Lipinski definition) is 3. The van der Waals surface area contributed by atoms with E-state index in [1.165, 1.54) is 43.6 Å². The van der Waals surface area contributed by atoms with Crippen molar-refractivity contribution in [3.63, 3.8) is 0 Å². The molecule has 170 valence electrons. The predicted molar refractivity (Wildman–Crippen MR) is 132 cm³/mol. The summed E-state index contributed by atoms with van der Waals surface area (Å²) in [5.74, 6) is 1.99. The quantitative estimate of drug-likeness (QED) is 0.461. The average Bonchev–Trinajstić information content (AvgIpc) is 3.78. The Balaban J connectivity index is 1.25. The van der Waals surface area contributed by atoms with Crippen LogP contribution in [-0.4, -0.2) is 64.5 Å². The van der Waals surface area contributed by atoms with Crippen LogP contribution < -0.4 is 20.7 Å². The molecule has 0 unspecified atom stereocenters. The number of anilines is 3. The SMILES string of the molecule is COc1cc(P2CCN(C3CC3)CC2)ccc1Nc1nc(NC2CC2)c2c(C#N)c[nH]c2n1. The van der Waals surface area contributed by atoms with Crippen molar-refractivity contribution in [1.82, 2.24) is 19.9 Å². The van der Waals surface area contributed by atoms with E-state index in [2.05, 4.69) is 49.8 Å². The lowest BCUT2D eigenvalue weighted by Gasteiger charge is -2.32. The number of methoxy groups -OCH3 is 1. The minimum absolute atomic E-state index is 0.141. The lowest BCUT2D eigenvalue weighted by molar-refractivity contribution is 0.290. The van der Waals surface area contributed by atoms with Crippen molar-refractivity contribution in [2.24, 2.45) is 0 Å². The molecule has 33 heavy (non-hydrogen) atoms. The van der Waals surface area contributed by atoms with Crippen molar-refractivity contribution >= 4 is 41.7 Å². The monoisotopic (exact) mass is 461 g/mol. The van der Waals surface area contributed by atoms with E-state index in [1.807, 2.05) is 0 Å². The van der Waals surface area contributed by atoms with Gasteiger partial charge in [-0.2, -0.15) is 15.2 Å². The summed E-state index contributed by atoms with van der Waals surface area (Å²) >= 11 is 0. The van der Waals surface area contributed by atoms with Crippen LogP contribution in [0.1, 0.15) is 31.2 Å². The lowest BCUT2D eigenvalue weighted by Crippen LogP contribution is -2.37. The number of benzene rings is 1. The normalized spacial score (nSPS) is 19.4. The number of aromatic amines is 1. The highest BCUT2D eigenvalue weighted by molar-refractivity contribution is 7.65. The van der Waals surface area contributed by atoms with Crippen LogP contribution >= 0.6 is 7.92 Å². The number of H-pyrrole nitrogens is 1. The van der Waals surface area contributed by atoms with Gasteiger partial charge in [0, 0.05) is 31.4 Å². The molecule has 0 bridgehead atoms. The second-order valence-corrected chi connectivity index (χ2v) is 11.6. The van der Waals surface area contributed by atoms with Crippen LogP contribution in [0.25, 0.3) is 11.0 Å². The van der Waals surface area contributed by atoms with Crippen molar-refractivity contribution in [2.45, 2.75) is 37.8 Å². The van der Waals surface area contributed by atoms with Gasteiger partial charge in [0.15, 0.2) is 0 Å². The van der Waals surface area contributed by atoms with Crippen molar-refractivity contribution < 1.29 is 4.74 Å². The van der Waals surface area contributed by atoms with Crippen LogP contribution in [0.15, 0.2) is 24.4 Å². The highest BCUT2D eigenvalue weighted by atomic mass is 31.1. The highest BCUT2D eigenvalue weighted by Crippen LogP contribution is 2.42. The third-order valence-corrected chi connectivity index (χ3v) is 9.23. The maximum atomic E-state index is 9.46. The molecule has 1 saturated heterocycles. The Hall–Kier alpha value is -2.88. The summed E-state index contributed by atoms with van der Waals surface area (Å²) < 4.78 is 5.75. The molecule has 3 aromatic rings. The van der Waals surface area contributed by atoms with Gasteiger partial charge in [-0.05, 0) is 55.4 Å². The van der Waals surface area contributed by atoms with Crippen molar-refractivity contribution in [1.29, 1.82) is 5.26 Å². The van der Waals surface area contributed by atoms with E-state index < -0.39 is 0 Å². The van der Waals surface area contributed by atoms with E-state index >= 15 is 0 Å². The Morgan fingerprint density at radius 1 is 1.18 bits per heavy atom. The van der Waals surface area contributed by atoms with Gasteiger partial charge in [-0.3, -0.25) is 4.90 Å². The molecule has 0 spiro atoms. The number of nitrogens with one attached hydrogen (secondary N) is 3. The van der Waals surface area contributed by atoms with Gasteiger partial charge >= 0.3 is 0 Å². The standard InChI is InChI=1S/C24H28N7OP/c1-32-20-12-18(33-10-8-31(9-11-33)17-4-5-17)6-7-19(20)28-24-29-22-21(15(13-25)14-26-22)23(30-24)27-16-2-3-16/h6-7,12,14,16-17H,2-5,8-11H2,1H3,(H3,26,27,28,29,30). The number of fused-ring (bicyclic) bond motifs is 1.